The molecule has 0 radical (unpaired) electrons. The minimum Gasteiger partial charge on any atom is -0.354 e. The Balaban J connectivity index is 2.34. The zero-order valence-corrected chi connectivity index (χ0v) is 11.8. The van der Waals surface area contributed by atoms with Gasteiger partial charge in [-0.3, -0.25) is 4.98 Å². The van der Waals surface area contributed by atoms with Crippen LogP contribution in [0.3, 0.4) is 0 Å². The van der Waals surface area contributed by atoms with Gasteiger partial charge in [-0.15, -0.1) is 0 Å². The summed E-state index contributed by atoms with van der Waals surface area (Å²) >= 11 is 6.98. The van der Waals surface area contributed by atoms with Crippen molar-refractivity contribution in [2.24, 2.45) is 0 Å². The number of anilines is 2. The first-order chi connectivity index (χ1) is 7.66. The highest BCUT2D eigenvalue weighted by molar-refractivity contribution is 9.11. The summed E-state index contributed by atoms with van der Waals surface area (Å²) in [7, 11) is 0. The topological polar surface area (TPSA) is 24.9 Å². The smallest absolute Gasteiger partial charge is 0.0593 e. The van der Waals surface area contributed by atoms with Crippen LogP contribution in [0, 0.1) is 6.92 Å². The summed E-state index contributed by atoms with van der Waals surface area (Å²) in [6.45, 7) is 2.07. The van der Waals surface area contributed by atoms with Crippen LogP contribution in [0.4, 0.5) is 11.4 Å². The second-order valence-corrected chi connectivity index (χ2v) is 5.17. The van der Waals surface area contributed by atoms with Crippen LogP contribution in [0.5, 0.6) is 0 Å². The van der Waals surface area contributed by atoms with Crippen molar-refractivity contribution in [1.29, 1.82) is 0 Å². The molecule has 16 heavy (non-hydrogen) atoms. The standard InChI is InChI=1S/C12H10Br2N2/c1-8-2-3-9(13)12(6-8)16-11-4-5-15-7-10(11)14/h2-7H,1H3,(H,15,16). The number of nitrogens with zero attached hydrogens (tertiary/aromatic N) is 1. The Morgan fingerprint density at radius 1 is 1.06 bits per heavy atom. The average Bonchev–Trinajstić information content (AvgIpc) is 2.27. The van der Waals surface area contributed by atoms with E-state index in [0.29, 0.717) is 0 Å². The van der Waals surface area contributed by atoms with Gasteiger partial charge in [-0.05, 0) is 62.5 Å². The molecule has 2 rings (SSSR count). The normalized spacial score (nSPS) is 10.2. The van der Waals surface area contributed by atoms with Gasteiger partial charge in [-0.25, -0.2) is 0 Å². The van der Waals surface area contributed by atoms with Gasteiger partial charge in [0.05, 0.1) is 15.8 Å². The van der Waals surface area contributed by atoms with Crippen LogP contribution in [-0.2, 0) is 0 Å². The van der Waals surface area contributed by atoms with E-state index in [1.807, 2.05) is 12.1 Å². The second kappa shape index (κ2) is 4.97. The number of nitrogens with one attached hydrogen (secondary N) is 1. The van der Waals surface area contributed by atoms with Crippen molar-refractivity contribution in [3.8, 4) is 0 Å². The highest BCUT2D eigenvalue weighted by Gasteiger charge is 2.03. The molecule has 0 aliphatic rings. The van der Waals surface area contributed by atoms with Crippen molar-refractivity contribution in [2.45, 2.75) is 6.92 Å². The molecule has 0 aliphatic heterocycles. The van der Waals surface area contributed by atoms with Crippen molar-refractivity contribution in [3.63, 3.8) is 0 Å². The van der Waals surface area contributed by atoms with E-state index in [2.05, 4.69) is 61.2 Å². The lowest BCUT2D eigenvalue weighted by atomic mass is 10.2. The van der Waals surface area contributed by atoms with E-state index >= 15 is 0 Å². The zero-order chi connectivity index (χ0) is 11.5. The molecule has 1 aromatic carbocycles. The molecule has 0 unspecified atom stereocenters. The second-order valence-electron chi connectivity index (χ2n) is 3.46. The van der Waals surface area contributed by atoms with Gasteiger partial charge in [-0.1, -0.05) is 6.07 Å². The average molecular weight is 342 g/mol. The number of hydrogen-bond donors (Lipinski definition) is 1. The fourth-order valence-corrected chi connectivity index (χ4v) is 2.05. The van der Waals surface area contributed by atoms with Gasteiger partial charge in [-0.2, -0.15) is 0 Å². The maximum Gasteiger partial charge on any atom is 0.0593 e. The first kappa shape index (κ1) is 11.6. The summed E-state index contributed by atoms with van der Waals surface area (Å²) in [6, 6.07) is 8.12. The third-order valence-electron chi connectivity index (χ3n) is 2.16. The Hall–Kier alpha value is -0.870. The molecule has 0 bridgehead atoms. The molecule has 0 saturated heterocycles. The summed E-state index contributed by atoms with van der Waals surface area (Å²) in [5.74, 6) is 0. The SMILES string of the molecule is Cc1ccc(Br)c(Nc2ccncc2Br)c1. The third-order valence-corrected chi connectivity index (χ3v) is 3.49. The monoisotopic (exact) mass is 340 g/mol. The van der Waals surface area contributed by atoms with Gasteiger partial charge in [0, 0.05) is 16.9 Å². The van der Waals surface area contributed by atoms with E-state index in [1.165, 1.54) is 5.56 Å². The van der Waals surface area contributed by atoms with Crippen molar-refractivity contribution in [1.82, 2.24) is 4.98 Å². The molecule has 0 amide bonds. The third kappa shape index (κ3) is 2.62. The molecule has 0 spiro atoms. The lowest BCUT2D eigenvalue weighted by molar-refractivity contribution is 1.30. The van der Waals surface area contributed by atoms with Crippen molar-refractivity contribution in [3.05, 3.63) is 51.2 Å². The maximum atomic E-state index is 4.03. The highest BCUT2D eigenvalue weighted by atomic mass is 79.9. The van der Waals surface area contributed by atoms with Crippen molar-refractivity contribution in [2.75, 3.05) is 5.32 Å². The van der Waals surface area contributed by atoms with Crippen LogP contribution in [0.25, 0.3) is 0 Å². The number of pyridine rings is 1. The molecule has 0 atom stereocenters. The number of aromatic nitrogens is 1. The molecular formula is C12H10Br2N2. The Morgan fingerprint density at radius 2 is 1.88 bits per heavy atom. The first-order valence-electron chi connectivity index (χ1n) is 4.79. The summed E-state index contributed by atoms with van der Waals surface area (Å²) in [5, 5.41) is 3.35. The van der Waals surface area contributed by atoms with Gasteiger partial charge < -0.3 is 5.32 Å². The largest absolute Gasteiger partial charge is 0.354 e. The molecule has 82 valence electrons. The predicted molar refractivity (Wildman–Crippen MR) is 74.1 cm³/mol. The fourth-order valence-electron chi connectivity index (χ4n) is 1.36. The number of rotatable bonds is 2. The number of aryl methyl sites for hydroxylation is 1. The van der Waals surface area contributed by atoms with Gasteiger partial charge in [0.2, 0.25) is 0 Å². The Kier molecular flexibility index (Phi) is 3.61. The quantitative estimate of drug-likeness (QED) is 0.859. The molecule has 1 N–H and O–H groups in total. The van der Waals surface area contributed by atoms with Crippen LogP contribution >= 0.6 is 31.9 Å². The van der Waals surface area contributed by atoms with Crippen LogP contribution in [0.2, 0.25) is 0 Å². The Morgan fingerprint density at radius 3 is 2.62 bits per heavy atom. The van der Waals surface area contributed by atoms with Gasteiger partial charge in [0.15, 0.2) is 0 Å². The van der Waals surface area contributed by atoms with E-state index in [1.54, 1.807) is 12.4 Å². The molecule has 0 fully saturated rings. The van der Waals surface area contributed by atoms with E-state index in [0.717, 1.165) is 20.3 Å². The molecule has 0 aliphatic carbocycles. The number of benzene rings is 1. The summed E-state index contributed by atoms with van der Waals surface area (Å²) in [6.07, 6.45) is 3.53. The lowest BCUT2D eigenvalue weighted by Gasteiger charge is -2.10. The van der Waals surface area contributed by atoms with Crippen LogP contribution in [0.15, 0.2) is 45.6 Å². The molecule has 1 aromatic heterocycles. The van der Waals surface area contributed by atoms with Crippen molar-refractivity contribution < 1.29 is 0 Å². The van der Waals surface area contributed by atoms with Crippen molar-refractivity contribution >= 4 is 43.2 Å². The van der Waals surface area contributed by atoms with E-state index in [-0.39, 0.29) is 0 Å². The lowest BCUT2D eigenvalue weighted by Crippen LogP contribution is -1.93. The van der Waals surface area contributed by atoms with Crippen LogP contribution in [0.1, 0.15) is 5.56 Å². The number of hydrogen-bond acceptors (Lipinski definition) is 2. The summed E-state index contributed by atoms with van der Waals surface area (Å²) in [4.78, 5) is 4.03. The minimum absolute atomic E-state index is 0.948. The summed E-state index contributed by atoms with van der Waals surface area (Å²) < 4.78 is 1.99. The molecule has 1 heterocycles. The van der Waals surface area contributed by atoms with E-state index in [4.69, 9.17) is 0 Å². The minimum atomic E-state index is 0.948. The molecule has 4 heteroatoms. The van der Waals surface area contributed by atoms with Gasteiger partial charge in [0.25, 0.3) is 0 Å². The van der Waals surface area contributed by atoms with Gasteiger partial charge in [0.1, 0.15) is 0 Å². The molecule has 0 saturated carbocycles. The predicted octanol–water partition coefficient (Wildman–Crippen LogP) is 4.66. The highest BCUT2D eigenvalue weighted by Crippen LogP contribution is 2.29. The maximum absolute atomic E-state index is 4.03. The first-order valence-corrected chi connectivity index (χ1v) is 6.38. The van der Waals surface area contributed by atoms with Crippen LogP contribution < -0.4 is 5.32 Å². The molecule has 2 nitrogen and oxygen atoms in total. The Bertz CT molecular complexity index is 512. The van der Waals surface area contributed by atoms with E-state index < -0.39 is 0 Å². The molecular weight excluding hydrogens is 332 g/mol. The zero-order valence-electron chi connectivity index (χ0n) is 8.67. The van der Waals surface area contributed by atoms with Gasteiger partial charge >= 0.3 is 0 Å². The van der Waals surface area contributed by atoms with E-state index in [9.17, 15) is 0 Å². The summed E-state index contributed by atoms with van der Waals surface area (Å²) in [5.41, 5.74) is 3.27. The fraction of sp³-hybridized carbons (Fsp3) is 0.0833. The number of halogens is 2. The van der Waals surface area contributed by atoms with Crippen LogP contribution in [-0.4, -0.2) is 4.98 Å². The Labute approximate surface area is 111 Å². The molecule has 2 aromatic rings.